The SMILES string of the molecule is CC1(C)CCN(C(=O)CCBr)CC1. The maximum absolute atomic E-state index is 11.5. The summed E-state index contributed by atoms with van der Waals surface area (Å²) < 4.78 is 0. The molecular weight excluding hydrogens is 230 g/mol. The molecule has 0 saturated carbocycles. The zero-order valence-corrected chi connectivity index (χ0v) is 10.1. The minimum Gasteiger partial charge on any atom is -0.343 e. The van der Waals surface area contributed by atoms with Gasteiger partial charge in [-0.05, 0) is 18.3 Å². The first-order valence-electron chi connectivity index (χ1n) is 4.89. The van der Waals surface area contributed by atoms with Gasteiger partial charge in [-0.25, -0.2) is 0 Å². The maximum atomic E-state index is 11.5. The van der Waals surface area contributed by atoms with Crippen LogP contribution in [0.2, 0.25) is 0 Å². The van der Waals surface area contributed by atoms with Crippen molar-refractivity contribution in [3.05, 3.63) is 0 Å². The summed E-state index contributed by atoms with van der Waals surface area (Å²) in [5, 5.41) is 0.783. The fraction of sp³-hybridized carbons (Fsp3) is 0.900. The number of carbonyl (C=O) groups excluding carboxylic acids is 1. The Balaban J connectivity index is 2.36. The average Bonchev–Trinajstić information content (AvgIpc) is 2.04. The number of nitrogens with zero attached hydrogens (tertiary/aromatic N) is 1. The molecule has 0 aliphatic carbocycles. The zero-order valence-electron chi connectivity index (χ0n) is 8.48. The highest BCUT2D eigenvalue weighted by Gasteiger charge is 2.27. The number of carbonyl (C=O) groups is 1. The second kappa shape index (κ2) is 4.45. The Morgan fingerprint density at radius 2 is 1.92 bits per heavy atom. The van der Waals surface area contributed by atoms with Crippen molar-refractivity contribution in [2.45, 2.75) is 33.1 Å². The van der Waals surface area contributed by atoms with Gasteiger partial charge in [-0.1, -0.05) is 29.8 Å². The van der Waals surface area contributed by atoms with Gasteiger partial charge in [-0.2, -0.15) is 0 Å². The van der Waals surface area contributed by atoms with E-state index in [0.29, 0.717) is 17.7 Å². The lowest BCUT2D eigenvalue weighted by Crippen LogP contribution is -2.41. The van der Waals surface area contributed by atoms with Crippen molar-refractivity contribution >= 4 is 21.8 Å². The number of hydrogen-bond acceptors (Lipinski definition) is 1. The van der Waals surface area contributed by atoms with Crippen LogP contribution in [0, 0.1) is 5.41 Å². The Morgan fingerprint density at radius 1 is 1.38 bits per heavy atom. The quantitative estimate of drug-likeness (QED) is 0.687. The third-order valence-electron chi connectivity index (χ3n) is 2.78. The molecule has 76 valence electrons. The molecule has 1 saturated heterocycles. The fourth-order valence-corrected chi connectivity index (χ4v) is 1.94. The van der Waals surface area contributed by atoms with E-state index in [1.165, 1.54) is 0 Å². The lowest BCUT2D eigenvalue weighted by Gasteiger charge is -2.36. The van der Waals surface area contributed by atoms with Crippen molar-refractivity contribution in [2.24, 2.45) is 5.41 Å². The molecule has 0 bridgehead atoms. The van der Waals surface area contributed by atoms with E-state index in [1.54, 1.807) is 0 Å². The summed E-state index contributed by atoms with van der Waals surface area (Å²) in [5.41, 5.74) is 0.436. The molecule has 0 radical (unpaired) electrons. The van der Waals surface area contributed by atoms with Gasteiger partial charge in [0, 0.05) is 24.8 Å². The summed E-state index contributed by atoms with van der Waals surface area (Å²) in [7, 11) is 0. The van der Waals surface area contributed by atoms with Gasteiger partial charge in [0.15, 0.2) is 0 Å². The second-order valence-corrected chi connectivity index (χ2v) is 5.28. The summed E-state index contributed by atoms with van der Waals surface area (Å²) in [6, 6.07) is 0. The van der Waals surface area contributed by atoms with Crippen LogP contribution < -0.4 is 0 Å². The van der Waals surface area contributed by atoms with Crippen LogP contribution in [0.1, 0.15) is 33.1 Å². The summed E-state index contributed by atoms with van der Waals surface area (Å²) >= 11 is 3.29. The molecule has 1 aliphatic heterocycles. The highest BCUT2D eigenvalue weighted by Crippen LogP contribution is 2.29. The van der Waals surface area contributed by atoms with Crippen LogP contribution in [-0.4, -0.2) is 29.2 Å². The van der Waals surface area contributed by atoms with E-state index < -0.39 is 0 Å². The number of likely N-dealkylation sites (tertiary alicyclic amines) is 1. The summed E-state index contributed by atoms with van der Waals surface area (Å²) in [5.74, 6) is 0.298. The fourth-order valence-electron chi connectivity index (χ4n) is 1.60. The van der Waals surface area contributed by atoms with Crippen LogP contribution >= 0.6 is 15.9 Å². The minimum atomic E-state index is 0.298. The molecule has 0 aromatic heterocycles. The molecule has 0 unspecified atom stereocenters. The molecule has 1 fully saturated rings. The van der Waals surface area contributed by atoms with Crippen molar-refractivity contribution in [2.75, 3.05) is 18.4 Å². The Hall–Kier alpha value is -0.0500. The highest BCUT2D eigenvalue weighted by molar-refractivity contribution is 9.09. The number of amides is 1. The summed E-state index contributed by atoms with van der Waals surface area (Å²) in [6.45, 7) is 6.44. The molecule has 0 aromatic rings. The molecule has 1 heterocycles. The molecule has 0 spiro atoms. The molecule has 0 atom stereocenters. The minimum absolute atomic E-state index is 0.298. The van der Waals surface area contributed by atoms with Crippen molar-refractivity contribution in [3.63, 3.8) is 0 Å². The first-order chi connectivity index (χ1) is 6.05. The van der Waals surface area contributed by atoms with Gasteiger partial charge in [0.2, 0.25) is 5.91 Å². The topological polar surface area (TPSA) is 20.3 Å². The number of halogens is 1. The molecule has 0 N–H and O–H groups in total. The number of rotatable bonds is 2. The van der Waals surface area contributed by atoms with Crippen molar-refractivity contribution in [1.82, 2.24) is 4.90 Å². The predicted octanol–water partition coefficient (Wildman–Crippen LogP) is 2.42. The normalized spacial score (nSPS) is 21.6. The van der Waals surface area contributed by atoms with Gasteiger partial charge >= 0.3 is 0 Å². The number of alkyl halides is 1. The Kier molecular flexibility index (Phi) is 3.77. The number of hydrogen-bond donors (Lipinski definition) is 0. The molecular formula is C10H18BrNO. The van der Waals surface area contributed by atoms with Crippen LogP contribution in [0.3, 0.4) is 0 Å². The van der Waals surface area contributed by atoms with Crippen LogP contribution in [0.4, 0.5) is 0 Å². The molecule has 3 heteroatoms. The van der Waals surface area contributed by atoms with E-state index in [0.717, 1.165) is 31.3 Å². The van der Waals surface area contributed by atoms with Gasteiger partial charge in [-0.15, -0.1) is 0 Å². The molecule has 1 aliphatic rings. The van der Waals surface area contributed by atoms with Crippen molar-refractivity contribution in [3.8, 4) is 0 Å². The van der Waals surface area contributed by atoms with Crippen LogP contribution in [0.5, 0.6) is 0 Å². The largest absolute Gasteiger partial charge is 0.343 e. The van der Waals surface area contributed by atoms with Gasteiger partial charge in [-0.3, -0.25) is 4.79 Å². The molecule has 0 aromatic carbocycles. The second-order valence-electron chi connectivity index (χ2n) is 4.48. The van der Waals surface area contributed by atoms with Gasteiger partial charge in [0.05, 0.1) is 0 Å². The van der Waals surface area contributed by atoms with Crippen LogP contribution in [0.25, 0.3) is 0 Å². The van der Waals surface area contributed by atoms with E-state index in [-0.39, 0.29) is 0 Å². The monoisotopic (exact) mass is 247 g/mol. The van der Waals surface area contributed by atoms with Crippen molar-refractivity contribution < 1.29 is 4.79 Å². The van der Waals surface area contributed by atoms with E-state index in [2.05, 4.69) is 29.8 Å². The number of piperidine rings is 1. The van der Waals surface area contributed by atoms with E-state index in [1.807, 2.05) is 4.90 Å². The lowest BCUT2D eigenvalue weighted by molar-refractivity contribution is -0.132. The first-order valence-corrected chi connectivity index (χ1v) is 6.01. The molecule has 2 nitrogen and oxygen atoms in total. The summed E-state index contributed by atoms with van der Waals surface area (Å²) in [6.07, 6.45) is 2.92. The zero-order chi connectivity index (χ0) is 9.90. The molecule has 1 rings (SSSR count). The maximum Gasteiger partial charge on any atom is 0.223 e. The Morgan fingerprint density at radius 3 is 2.38 bits per heavy atom. The smallest absolute Gasteiger partial charge is 0.223 e. The van der Waals surface area contributed by atoms with Crippen molar-refractivity contribution in [1.29, 1.82) is 0 Å². The van der Waals surface area contributed by atoms with Gasteiger partial charge < -0.3 is 4.90 Å². The molecule has 13 heavy (non-hydrogen) atoms. The standard InChI is InChI=1S/C10H18BrNO/c1-10(2)4-7-12(8-5-10)9(13)3-6-11/h3-8H2,1-2H3. The predicted molar refractivity (Wildman–Crippen MR) is 58.0 cm³/mol. The van der Waals surface area contributed by atoms with E-state index in [9.17, 15) is 4.79 Å². The lowest BCUT2D eigenvalue weighted by atomic mass is 9.82. The average molecular weight is 248 g/mol. The van der Waals surface area contributed by atoms with Crippen LogP contribution in [-0.2, 0) is 4.79 Å². The van der Waals surface area contributed by atoms with Gasteiger partial charge in [0.1, 0.15) is 0 Å². The van der Waals surface area contributed by atoms with E-state index >= 15 is 0 Å². The van der Waals surface area contributed by atoms with E-state index in [4.69, 9.17) is 0 Å². The Labute approximate surface area is 88.8 Å². The van der Waals surface area contributed by atoms with Gasteiger partial charge in [0.25, 0.3) is 0 Å². The van der Waals surface area contributed by atoms with Crippen LogP contribution in [0.15, 0.2) is 0 Å². The molecule has 1 amide bonds. The summed E-state index contributed by atoms with van der Waals surface area (Å²) in [4.78, 5) is 13.5. The first kappa shape index (κ1) is 11.0. The highest BCUT2D eigenvalue weighted by atomic mass is 79.9. The third kappa shape index (κ3) is 3.29. The third-order valence-corrected chi connectivity index (χ3v) is 3.17. The Bertz CT molecular complexity index is 181.